The summed E-state index contributed by atoms with van der Waals surface area (Å²) in [6.07, 6.45) is 7.10. The van der Waals surface area contributed by atoms with E-state index >= 15 is 0 Å². The predicted octanol–water partition coefficient (Wildman–Crippen LogP) is 4.10. The number of thiophene rings is 1. The third-order valence-electron chi connectivity index (χ3n) is 7.08. The summed E-state index contributed by atoms with van der Waals surface area (Å²) in [5.41, 5.74) is 4.04. The van der Waals surface area contributed by atoms with Crippen LogP contribution < -0.4 is 20.9 Å². The van der Waals surface area contributed by atoms with Crippen LogP contribution in [0.25, 0.3) is 33.5 Å². The summed E-state index contributed by atoms with van der Waals surface area (Å²) in [5, 5.41) is 14.8. The van der Waals surface area contributed by atoms with Crippen molar-refractivity contribution in [3.05, 3.63) is 77.4 Å². The zero-order valence-electron chi connectivity index (χ0n) is 21.8. The third kappa shape index (κ3) is 4.64. The van der Waals surface area contributed by atoms with Crippen molar-refractivity contribution in [2.45, 2.75) is 38.3 Å². The van der Waals surface area contributed by atoms with Gasteiger partial charge in [0.25, 0.3) is 5.91 Å². The number of nitrogens with zero attached hydrogens (tertiary/aromatic N) is 4. The lowest BCUT2D eigenvalue weighted by Gasteiger charge is -2.21. The number of hydrogen-bond acceptors (Lipinski definition) is 7. The monoisotopic (exact) mass is 553 g/mol. The molecule has 11 heteroatoms. The van der Waals surface area contributed by atoms with Crippen molar-refractivity contribution in [3.63, 3.8) is 0 Å². The third-order valence-corrected chi connectivity index (χ3v) is 8.18. The van der Waals surface area contributed by atoms with Gasteiger partial charge in [0.1, 0.15) is 20.9 Å². The lowest BCUT2D eigenvalue weighted by Crippen LogP contribution is -2.48. The van der Waals surface area contributed by atoms with Crippen molar-refractivity contribution in [2.75, 3.05) is 0 Å². The van der Waals surface area contributed by atoms with Gasteiger partial charge in [-0.25, -0.2) is 4.98 Å². The van der Waals surface area contributed by atoms with E-state index in [1.165, 1.54) is 17.4 Å². The Balaban J connectivity index is 1.35. The Hall–Kier alpha value is -4.77. The van der Waals surface area contributed by atoms with Gasteiger partial charge in [-0.1, -0.05) is 13.2 Å². The Kier molecular flexibility index (Phi) is 6.64. The van der Waals surface area contributed by atoms with E-state index in [2.05, 4.69) is 44.0 Å². The Bertz CT molecular complexity index is 1820. The van der Waals surface area contributed by atoms with E-state index in [1.807, 2.05) is 35.8 Å². The Morgan fingerprint density at radius 3 is 2.75 bits per heavy atom. The molecule has 2 atom stereocenters. The topological polar surface area (TPSA) is 127 Å². The van der Waals surface area contributed by atoms with E-state index in [0.29, 0.717) is 27.5 Å². The van der Waals surface area contributed by atoms with Crippen molar-refractivity contribution in [1.82, 2.24) is 35.4 Å². The zero-order chi connectivity index (χ0) is 27.8. The van der Waals surface area contributed by atoms with Gasteiger partial charge < -0.3 is 20.4 Å². The average Bonchev–Trinajstić information content (AvgIpc) is 3.55. The van der Waals surface area contributed by atoms with Crippen molar-refractivity contribution in [2.24, 2.45) is 0 Å². The fourth-order valence-electron chi connectivity index (χ4n) is 5.28. The molecule has 1 aliphatic rings. The molecule has 4 aromatic heterocycles. The van der Waals surface area contributed by atoms with Gasteiger partial charge in [-0.05, 0) is 68.2 Å². The van der Waals surface area contributed by atoms with E-state index in [4.69, 9.17) is 4.74 Å². The highest BCUT2D eigenvalue weighted by Gasteiger charge is 2.31. The molecule has 6 rings (SSSR count). The summed E-state index contributed by atoms with van der Waals surface area (Å²) in [4.78, 5) is 34.6. The minimum absolute atomic E-state index is 0.129. The molecule has 10 nitrogen and oxygen atoms in total. The molecule has 40 heavy (non-hydrogen) atoms. The number of ether oxygens (including phenoxy) is 1. The van der Waals surface area contributed by atoms with Crippen LogP contribution in [-0.2, 0) is 4.79 Å². The molecule has 202 valence electrons. The van der Waals surface area contributed by atoms with Gasteiger partial charge >= 0.3 is 0 Å². The lowest BCUT2D eigenvalue weighted by molar-refractivity contribution is -0.117. The van der Waals surface area contributed by atoms with Gasteiger partial charge in [0, 0.05) is 30.5 Å². The Labute approximate surface area is 233 Å². The molecule has 1 fully saturated rings. The predicted molar refractivity (Wildman–Crippen MR) is 154 cm³/mol. The second-order valence-corrected chi connectivity index (χ2v) is 10.7. The SMILES string of the molecule is C=CC(=O)NC1CCCC1NC(=O)c1sc2nccc3c2c1[nH]c(=C)n3-c1ccc(Oc2cccnn2)cc1C. The molecule has 0 bridgehead atoms. The number of amides is 2. The summed E-state index contributed by atoms with van der Waals surface area (Å²) in [6, 6.07) is 10.9. The quantitative estimate of drug-likeness (QED) is 0.261. The van der Waals surface area contributed by atoms with E-state index in [9.17, 15) is 9.59 Å². The van der Waals surface area contributed by atoms with Gasteiger partial charge in [-0.2, -0.15) is 5.10 Å². The van der Waals surface area contributed by atoms with Crippen LogP contribution in [0, 0.1) is 6.92 Å². The number of aromatic amines is 1. The summed E-state index contributed by atoms with van der Waals surface area (Å²) in [7, 11) is 0. The van der Waals surface area contributed by atoms with E-state index in [0.717, 1.165) is 46.2 Å². The lowest BCUT2D eigenvalue weighted by atomic mass is 10.1. The molecule has 1 saturated carbocycles. The Morgan fingerprint density at radius 1 is 1.18 bits per heavy atom. The highest BCUT2D eigenvalue weighted by Crippen LogP contribution is 2.35. The van der Waals surface area contributed by atoms with E-state index in [-0.39, 0.29) is 23.9 Å². The van der Waals surface area contributed by atoms with Crippen molar-refractivity contribution >= 4 is 51.0 Å². The fourth-order valence-corrected chi connectivity index (χ4v) is 6.30. The van der Waals surface area contributed by atoms with Crippen LogP contribution in [0.5, 0.6) is 11.6 Å². The molecule has 1 aromatic carbocycles. The molecule has 2 amide bonds. The van der Waals surface area contributed by atoms with Crippen LogP contribution in [0.15, 0.2) is 61.4 Å². The molecule has 0 aliphatic heterocycles. The number of benzene rings is 1. The molecule has 4 heterocycles. The van der Waals surface area contributed by atoms with Gasteiger partial charge in [0.15, 0.2) is 0 Å². The summed E-state index contributed by atoms with van der Waals surface area (Å²) in [6.45, 7) is 9.81. The molecule has 0 radical (unpaired) electrons. The number of hydrogen-bond donors (Lipinski definition) is 3. The maximum absolute atomic E-state index is 13.5. The molecule has 5 aromatic rings. The number of rotatable bonds is 7. The highest BCUT2D eigenvalue weighted by molar-refractivity contribution is 7.21. The van der Waals surface area contributed by atoms with E-state index in [1.54, 1.807) is 24.5 Å². The van der Waals surface area contributed by atoms with Gasteiger partial charge in [-0.3, -0.25) is 14.2 Å². The van der Waals surface area contributed by atoms with Crippen LogP contribution in [0.3, 0.4) is 0 Å². The summed E-state index contributed by atoms with van der Waals surface area (Å²) < 4.78 is 7.87. The van der Waals surface area contributed by atoms with Gasteiger partial charge in [-0.15, -0.1) is 16.4 Å². The standard InChI is InChI=1S/C29H27N7O3S/c1-4-23(37)33-19-7-5-8-20(19)34-28(38)27-26-25-22(12-14-30-29(25)40-27)36(17(3)32-26)21-11-10-18(15-16(21)2)39-24-9-6-13-31-35-24/h4,6,9-15,19-20,32H,1,3,5,7-8H2,2H3,(H,33,37)(H,34,38). The molecular weight excluding hydrogens is 526 g/mol. The Morgan fingerprint density at radius 2 is 2.00 bits per heavy atom. The largest absolute Gasteiger partial charge is 0.438 e. The van der Waals surface area contributed by atoms with Crippen LogP contribution in [0.4, 0.5) is 0 Å². The second kappa shape index (κ2) is 10.4. The zero-order valence-corrected chi connectivity index (χ0v) is 22.6. The molecule has 0 saturated heterocycles. The van der Waals surface area contributed by atoms with Gasteiger partial charge in [0.2, 0.25) is 11.8 Å². The molecule has 1 aliphatic carbocycles. The number of carbonyl (C=O) groups excluding carboxylic acids is 2. The van der Waals surface area contributed by atoms with Crippen LogP contribution in [-0.4, -0.2) is 48.6 Å². The number of pyridine rings is 1. The van der Waals surface area contributed by atoms with Crippen LogP contribution in [0.1, 0.15) is 34.5 Å². The van der Waals surface area contributed by atoms with Crippen molar-refractivity contribution < 1.29 is 14.3 Å². The highest BCUT2D eigenvalue weighted by atomic mass is 32.1. The minimum Gasteiger partial charge on any atom is -0.438 e. The second-order valence-electron chi connectivity index (χ2n) is 9.67. The van der Waals surface area contributed by atoms with Crippen molar-refractivity contribution in [3.8, 4) is 17.3 Å². The number of nitrogens with one attached hydrogen (secondary N) is 3. The smallest absolute Gasteiger partial charge is 0.263 e. The fraction of sp³-hybridized carbons (Fsp3) is 0.207. The number of aromatic nitrogens is 5. The number of H-pyrrole nitrogens is 1. The number of aryl methyl sites for hydroxylation is 1. The molecule has 0 spiro atoms. The van der Waals surface area contributed by atoms with E-state index < -0.39 is 0 Å². The molecular formula is C29H27N7O3S. The first-order valence-corrected chi connectivity index (χ1v) is 13.7. The molecule has 2 unspecified atom stereocenters. The summed E-state index contributed by atoms with van der Waals surface area (Å²) in [5.74, 6) is 0.611. The normalized spacial score (nSPS) is 16.7. The minimum atomic E-state index is -0.237. The molecule has 3 N–H and O–H groups in total. The maximum Gasteiger partial charge on any atom is 0.263 e. The first-order chi connectivity index (χ1) is 19.4. The van der Waals surface area contributed by atoms with Crippen LogP contribution in [0.2, 0.25) is 0 Å². The maximum atomic E-state index is 13.5. The van der Waals surface area contributed by atoms with Crippen molar-refractivity contribution in [1.29, 1.82) is 0 Å². The van der Waals surface area contributed by atoms with Gasteiger partial charge in [0.05, 0.1) is 22.1 Å². The first-order valence-electron chi connectivity index (χ1n) is 12.9. The summed E-state index contributed by atoms with van der Waals surface area (Å²) >= 11 is 1.33. The average molecular weight is 554 g/mol. The number of carbonyl (C=O) groups is 2. The first kappa shape index (κ1) is 25.5. The van der Waals surface area contributed by atoms with Crippen LogP contribution >= 0.6 is 11.3 Å².